The Morgan fingerprint density at radius 3 is 2.57 bits per heavy atom. The van der Waals surface area contributed by atoms with Crippen LogP contribution in [0.3, 0.4) is 0 Å². The molecule has 1 aromatic heterocycles. The topological polar surface area (TPSA) is 76.5 Å². The monoisotopic (exact) mass is 404 g/mol. The lowest BCUT2D eigenvalue weighted by Gasteiger charge is -2.29. The molecular formula is C20H25ClN4O3. The van der Waals surface area contributed by atoms with Crippen molar-refractivity contribution in [2.75, 3.05) is 6.54 Å². The Hall–Kier alpha value is -2.54. The van der Waals surface area contributed by atoms with Gasteiger partial charge in [-0.05, 0) is 38.5 Å². The zero-order chi connectivity index (χ0) is 20.5. The molecule has 2 aromatic rings. The molecule has 0 saturated carbocycles. The molecule has 0 unspecified atom stereocenters. The molecule has 8 heteroatoms. The zero-order valence-corrected chi connectivity index (χ0v) is 17.3. The molecule has 1 aromatic carbocycles. The second-order valence-corrected chi connectivity index (χ2v) is 8.29. The van der Waals surface area contributed by atoms with Crippen molar-refractivity contribution >= 4 is 23.6 Å². The van der Waals surface area contributed by atoms with Crippen LogP contribution in [0.2, 0.25) is 5.02 Å². The van der Waals surface area contributed by atoms with E-state index in [2.05, 4.69) is 10.4 Å². The highest BCUT2D eigenvalue weighted by atomic mass is 35.5. The maximum Gasteiger partial charge on any atom is 0.410 e. The van der Waals surface area contributed by atoms with Gasteiger partial charge in [-0.25, -0.2) is 4.79 Å². The summed E-state index contributed by atoms with van der Waals surface area (Å²) in [5.74, 6) is -0.225. The largest absolute Gasteiger partial charge is 0.444 e. The summed E-state index contributed by atoms with van der Waals surface area (Å²) < 4.78 is 7.05. The van der Waals surface area contributed by atoms with Crippen molar-refractivity contribution in [1.82, 2.24) is 20.0 Å². The summed E-state index contributed by atoms with van der Waals surface area (Å²) in [7, 11) is 1.74. The lowest BCUT2D eigenvalue weighted by atomic mass is 10.1. The van der Waals surface area contributed by atoms with Crippen LogP contribution in [0.1, 0.15) is 48.1 Å². The second kappa shape index (κ2) is 7.83. The molecule has 2 heterocycles. The number of aryl methyl sites for hydroxylation is 1. The van der Waals surface area contributed by atoms with E-state index in [0.29, 0.717) is 36.8 Å². The molecule has 0 atom stereocenters. The third kappa shape index (κ3) is 4.65. The van der Waals surface area contributed by atoms with Gasteiger partial charge in [-0.2, -0.15) is 5.10 Å². The quantitative estimate of drug-likeness (QED) is 0.851. The highest BCUT2D eigenvalue weighted by Gasteiger charge is 2.31. The number of amides is 2. The van der Waals surface area contributed by atoms with Gasteiger partial charge >= 0.3 is 6.09 Å². The Balaban J connectivity index is 1.73. The standard InChI is InChI=1S/C20H25ClN4O3/c1-20(2,3)28-19(27)25-10-9-16-15(12-25)17(24(4)23-16)18(26)22-11-13-5-7-14(21)8-6-13/h5-8H,9-12H2,1-4H3,(H,22,26). The number of nitrogens with zero attached hydrogens (tertiary/aromatic N) is 3. The first-order valence-electron chi connectivity index (χ1n) is 9.19. The average Bonchev–Trinajstić information content (AvgIpc) is 2.94. The summed E-state index contributed by atoms with van der Waals surface area (Å²) >= 11 is 5.89. The number of ether oxygens (including phenoxy) is 1. The number of hydrogen-bond acceptors (Lipinski definition) is 4. The van der Waals surface area contributed by atoms with Crippen molar-refractivity contribution < 1.29 is 14.3 Å². The fourth-order valence-electron chi connectivity index (χ4n) is 3.14. The van der Waals surface area contributed by atoms with E-state index in [1.54, 1.807) is 28.8 Å². The van der Waals surface area contributed by atoms with Crippen LogP contribution in [0.25, 0.3) is 0 Å². The third-order valence-corrected chi connectivity index (χ3v) is 4.68. The van der Waals surface area contributed by atoms with Crippen LogP contribution in [0.15, 0.2) is 24.3 Å². The van der Waals surface area contributed by atoms with E-state index in [1.165, 1.54) is 0 Å². The fraction of sp³-hybridized carbons (Fsp3) is 0.450. The minimum absolute atomic E-state index is 0.225. The van der Waals surface area contributed by atoms with Gasteiger partial charge in [0.2, 0.25) is 0 Å². The molecule has 28 heavy (non-hydrogen) atoms. The first-order valence-corrected chi connectivity index (χ1v) is 9.57. The molecule has 1 aliphatic heterocycles. The molecule has 2 amide bonds. The van der Waals surface area contributed by atoms with Crippen molar-refractivity contribution in [3.63, 3.8) is 0 Å². The number of halogens is 1. The predicted molar refractivity (Wildman–Crippen MR) is 106 cm³/mol. The maximum atomic E-state index is 12.8. The summed E-state index contributed by atoms with van der Waals surface area (Å²) in [5.41, 5.74) is 2.47. The van der Waals surface area contributed by atoms with E-state index in [4.69, 9.17) is 16.3 Å². The lowest BCUT2D eigenvalue weighted by Crippen LogP contribution is -2.40. The SMILES string of the molecule is Cn1nc2c(c1C(=O)NCc1ccc(Cl)cc1)CN(C(=O)OC(C)(C)C)CC2. The Kier molecular flexibility index (Phi) is 5.65. The number of rotatable bonds is 3. The van der Waals surface area contributed by atoms with Crippen molar-refractivity contribution in [2.45, 2.75) is 45.9 Å². The third-order valence-electron chi connectivity index (χ3n) is 4.43. The Morgan fingerprint density at radius 1 is 1.25 bits per heavy atom. The van der Waals surface area contributed by atoms with Crippen LogP contribution in [0.4, 0.5) is 4.79 Å². The van der Waals surface area contributed by atoms with E-state index in [-0.39, 0.29) is 12.0 Å². The molecule has 0 saturated heterocycles. The van der Waals surface area contributed by atoms with Gasteiger partial charge in [0.1, 0.15) is 11.3 Å². The fourth-order valence-corrected chi connectivity index (χ4v) is 3.26. The first-order chi connectivity index (χ1) is 13.1. The average molecular weight is 405 g/mol. The molecule has 0 aliphatic carbocycles. The predicted octanol–water partition coefficient (Wildman–Crippen LogP) is 3.30. The number of aromatic nitrogens is 2. The summed E-state index contributed by atoms with van der Waals surface area (Å²) in [5, 5.41) is 8.03. The number of fused-ring (bicyclic) bond motifs is 1. The molecular weight excluding hydrogens is 380 g/mol. The molecule has 7 nitrogen and oxygen atoms in total. The maximum absolute atomic E-state index is 12.8. The molecule has 150 valence electrons. The van der Waals surface area contributed by atoms with E-state index in [9.17, 15) is 9.59 Å². The number of nitrogens with one attached hydrogen (secondary N) is 1. The van der Waals surface area contributed by atoms with Crippen molar-refractivity contribution in [3.8, 4) is 0 Å². The number of carbonyl (C=O) groups is 2. The molecule has 0 bridgehead atoms. The lowest BCUT2D eigenvalue weighted by molar-refractivity contribution is 0.0222. The van der Waals surface area contributed by atoms with E-state index in [1.807, 2.05) is 32.9 Å². The summed E-state index contributed by atoms with van der Waals surface area (Å²) in [6.07, 6.45) is 0.210. The minimum atomic E-state index is -0.564. The van der Waals surface area contributed by atoms with Crippen molar-refractivity contribution in [2.24, 2.45) is 7.05 Å². The van der Waals surface area contributed by atoms with Crippen molar-refractivity contribution in [1.29, 1.82) is 0 Å². The highest BCUT2D eigenvalue weighted by Crippen LogP contribution is 2.23. The Morgan fingerprint density at radius 2 is 1.93 bits per heavy atom. The van der Waals surface area contributed by atoms with Crippen LogP contribution >= 0.6 is 11.6 Å². The Labute approximate surface area is 169 Å². The number of benzene rings is 1. The molecule has 1 aliphatic rings. The normalized spacial score (nSPS) is 13.8. The summed E-state index contributed by atoms with van der Waals surface area (Å²) in [6, 6.07) is 7.30. The van der Waals surface area contributed by atoms with Gasteiger partial charge in [-0.3, -0.25) is 9.48 Å². The molecule has 0 radical (unpaired) electrons. The van der Waals surface area contributed by atoms with Gasteiger partial charge in [-0.1, -0.05) is 23.7 Å². The minimum Gasteiger partial charge on any atom is -0.444 e. The van der Waals surface area contributed by atoms with Crippen LogP contribution in [-0.4, -0.2) is 38.8 Å². The Bertz CT molecular complexity index is 884. The zero-order valence-electron chi connectivity index (χ0n) is 16.6. The van der Waals surface area contributed by atoms with Crippen LogP contribution in [0, 0.1) is 0 Å². The van der Waals surface area contributed by atoms with E-state index in [0.717, 1.165) is 16.8 Å². The van der Waals surface area contributed by atoms with Gasteiger partial charge in [-0.15, -0.1) is 0 Å². The van der Waals surface area contributed by atoms with Gasteiger partial charge in [0.05, 0.1) is 12.2 Å². The summed E-state index contributed by atoms with van der Waals surface area (Å²) in [6.45, 7) is 6.71. The van der Waals surface area contributed by atoms with Gasteiger partial charge in [0.15, 0.2) is 0 Å². The van der Waals surface area contributed by atoms with Crippen molar-refractivity contribution in [3.05, 3.63) is 51.8 Å². The van der Waals surface area contributed by atoms with Crippen LogP contribution in [0.5, 0.6) is 0 Å². The summed E-state index contributed by atoms with van der Waals surface area (Å²) in [4.78, 5) is 26.8. The number of hydrogen-bond donors (Lipinski definition) is 1. The second-order valence-electron chi connectivity index (χ2n) is 7.86. The van der Waals surface area contributed by atoms with Gasteiger partial charge < -0.3 is 15.0 Å². The van der Waals surface area contributed by atoms with Gasteiger partial charge in [0.25, 0.3) is 5.91 Å². The highest BCUT2D eigenvalue weighted by molar-refractivity contribution is 6.30. The van der Waals surface area contributed by atoms with Gasteiger partial charge in [0, 0.05) is 37.1 Å². The first kappa shape index (κ1) is 20.2. The van der Waals surface area contributed by atoms with E-state index < -0.39 is 5.60 Å². The molecule has 0 spiro atoms. The molecule has 1 N–H and O–H groups in total. The molecule has 0 fully saturated rings. The number of carbonyl (C=O) groups excluding carboxylic acids is 2. The van der Waals surface area contributed by atoms with Crippen LogP contribution < -0.4 is 5.32 Å². The van der Waals surface area contributed by atoms with Crippen LogP contribution in [-0.2, 0) is 31.3 Å². The smallest absolute Gasteiger partial charge is 0.410 e. The van der Waals surface area contributed by atoms with E-state index >= 15 is 0 Å². The molecule has 3 rings (SSSR count).